The molecule has 0 aliphatic carbocycles. The molecule has 0 aromatic rings. The van der Waals surface area contributed by atoms with Crippen molar-refractivity contribution < 1.29 is 14.6 Å². The molecular formula is C11H19NO3. The first-order valence-corrected chi connectivity index (χ1v) is 5.16. The predicted octanol–water partition coefficient (Wildman–Crippen LogP) is 1.13. The largest absolute Gasteiger partial charge is 0.478 e. The maximum atomic E-state index is 10.6. The van der Waals surface area contributed by atoms with Gasteiger partial charge in [0.2, 0.25) is 0 Å². The Hall–Kier alpha value is -0.870. The van der Waals surface area contributed by atoms with Crippen molar-refractivity contribution in [2.45, 2.75) is 26.3 Å². The van der Waals surface area contributed by atoms with Crippen LogP contribution in [0.1, 0.15) is 20.8 Å². The fourth-order valence-corrected chi connectivity index (χ4v) is 1.56. The molecule has 0 aromatic heterocycles. The monoisotopic (exact) mass is 213 g/mol. The second-order valence-corrected chi connectivity index (χ2v) is 4.50. The summed E-state index contributed by atoms with van der Waals surface area (Å²) in [7, 11) is 0. The lowest BCUT2D eigenvalue weighted by Crippen LogP contribution is -2.52. The molecule has 86 valence electrons. The number of carbonyl (C=O) groups is 1. The van der Waals surface area contributed by atoms with Crippen LogP contribution in [0.3, 0.4) is 0 Å². The molecule has 0 bridgehead atoms. The highest BCUT2D eigenvalue weighted by Crippen LogP contribution is 2.18. The molecule has 0 atom stereocenters. The van der Waals surface area contributed by atoms with Gasteiger partial charge in [0.25, 0.3) is 0 Å². The van der Waals surface area contributed by atoms with E-state index < -0.39 is 5.97 Å². The first-order chi connectivity index (χ1) is 6.93. The van der Waals surface area contributed by atoms with E-state index >= 15 is 0 Å². The van der Waals surface area contributed by atoms with Crippen molar-refractivity contribution in [3.8, 4) is 0 Å². The Bertz CT molecular complexity index is 271. The number of morpholine rings is 1. The first kappa shape index (κ1) is 12.2. The molecule has 0 unspecified atom stereocenters. The van der Waals surface area contributed by atoms with E-state index in [-0.39, 0.29) is 5.54 Å². The summed E-state index contributed by atoms with van der Waals surface area (Å²) in [5.41, 5.74) is 0.394. The third kappa shape index (κ3) is 3.32. The summed E-state index contributed by atoms with van der Waals surface area (Å²) < 4.78 is 5.39. The third-order valence-electron chi connectivity index (χ3n) is 2.77. The van der Waals surface area contributed by atoms with Gasteiger partial charge in [-0.1, -0.05) is 6.08 Å². The number of nitrogens with zero attached hydrogens (tertiary/aromatic N) is 1. The lowest BCUT2D eigenvalue weighted by Gasteiger charge is -2.41. The quantitative estimate of drug-likeness (QED) is 0.714. The van der Waals surface area contributed by atoms with Crippen LogP contribution >= 0.6 is 0 Å². The Morgan fingerprint density at radius 2 is 2.27 bits per heavy atom. The highest BCUT2D eigenvalue weighted by atomic mass is 16.5. The van der Waals surface area contributed by atoms with Crippen molar-refractivity contribution in [3.05, 3.63) is 11.6 Å². The van der Waals surface area contributed by atoms with Crippen LogP contribution in [0.2, 0.25) is 0 Å². The Morgan fingerprint density at radius 1 is 1.60 bits per heavy atom. The van der Waals surface area contributed by atoms with Crippen LogP contribution in [0.15, 0.2) is 11.6 Å². The normalized spacial score (nSPS) is 22.7. The standard InChI is InChI=1S/C11H19NO3/c1-9(10(13)14)4-5-12-6-7-15-8-11(12,2)3/h4H,5-8H2,1-3H3,(H,13,14)/b9-4+. The summed E-state index contributed by atoms with van der Waals surface area (Å²) in [6, 6.07) is 0. The minimum absolute atomic E-state index is 0.00642. The average molecular weight is 213 g/mol. The molecule has 0 radical (unpaired) electrons. The van der Waals surface area contributed by atoms with E-state index in [0.29, 0.717) is 18.7 Å². The van der Waals surface area contributed by atoms with Crippen LogP contribution in [0.5, 0.6) is 0 Å². The van der Waals surface area contributed by atoms with Crippen LogP contribution < -0.4 is 0 Å². The SMILES string of the molecule is C/C(=C\CN1CCOCC1(C)C)C(=O)O. The van der Waals surface area contributed by atoms with Gasteiger partial charge in [-0.05, 0) is 20.8 Å². The molecule has 1 fully saturated rings. The molecule has 0 amide bonds. The minimum Gasteiger partial charge on any atom is -0.478 e. The third-order valence-corrected chi connectivity index (χ3v) is 2.77. The fraction of sp³-hybridized carbons (Fsp3) is 0.727. The van der Waals surface area contributed by atoms with Crippen molar-refractivity contribution >= 4 is 5.97 Å². The summed E-state index contributed by atoms with van der Waals surface area (Å²) in [4.78, 5) is 12.9. The van der Waals surface area contributed by atoms with E-state index in [2.05, 4.69) is 18.7 Å². The van der Waals surface area contributed by atoms with Gasteiger partial charge in [0.15, 0.2) is 0 Å². The molecule has 0 saturated carbocycles. The van der Waals surface area contributed by atoms with Crippen molar-refractivity contribution in [2.24, 2.45) is 0 Å². The summed E-state index contributed by atoms with van der Waals surface area (Å²) in [6.07, 6.45) is 1.76. The topological polar surface area (TPSA) is 49.8 Å². The Morgan fingerprint density at radius 3 is 2.80 bits per heavy atom. The van der Waals surface area contributed by atoms with Crippen molar-refractivity contribution in [1.82, 2.24) is 4.90 Å². The first-order valence-electron chi connectivity index (χ1n) is 5.16. The second kappa shape index (κ2) is 4.77. The van der Waals surface area contributed by atoms with Gasteiger partial charge in [-0.15, -0.1) is 0 Å². The number of aliphatic carboxylic acids is 1. The van der Waals surface area contributed by atoms with Crippen LogP contribution in [0.25, 0.3) is 0 Å². The number of carboxylic acids is 1. The van der Waals surface area contributed by atoms with Gasteiger partial charge in [-0.3, -0.25) is 4.90 Å². The van der Waals surface area contributed by atoms with Crippen LogP contribution in [0.4, 0.5) is 0 Å². The summed E-state index contributed by atoms with van der Waals surface area (Å²) in [5, 5.41) is 8.73. The summed E-state index contributed by atoms with van der Waals surface area (Å²) >= 11 is 0. The highest BCUT2D eigenvalue weighted by molar-refractivity contribution is 5.85. The number of rotatable bonds is 3. The van der Waals surface area contributed by atoms with Crippen LogP contribution in [-0.4, -0.2) is 47.8 Å². The molecule has 1 saturated heterocycles. The fourth-order valence-electron chi connectivity index (χ4n) is 1.56. The van der Waals surface area contributed by atoms with Gasteiger partial charge in [0, 0.05) is 24.2 Å². The van der Waals surface area contributed by atoms with Gasteiger partial charge in [0.05, 0.1) is 13.2 Å². The van der Waals surface area contributed by atoms with Crippen molar-refractivity contribution in [2.75, 3.05) is 26.3 Å². The van der Waals surface area contributed by atoms with Crippen molar-refractivity contribution in [3.63, 3.8) is 0 Å². The van der Waals surface area contributed by atoms with Crippen LogP contribution in [-0.2, 0) is 9.53 Å². The molecule has 1 N–H and O–H groups in total. The molecule has 0 spiro atoms. The maximum absolute atomic E-state index is 10.6. The van der Waals surface area contributed by atoms with E-state index in [9.17, 15) is 4.79 Å². The minimum atomic E-state index is -0.846. The van der Waals surface area contributed by atoms with Crippen molar-refractivity contribution in [1.29, 1.82) is 0 Å². The predicted molar refractivity (Wildman–Crippen MR) is 57.9 cm³/mol. The summed E-state index contributed by atoms with van der Waals surface area (Å²) in [5.74, 6) is -0.846. The zero-order valence-corrected chi connectivity index (χ0v) is 9.62. The molecule has 1 aliphatic rings. The van der Waals surface area contributed by atoms with E-state index in [0.717, 1.165) is 13.2 Å². The average Bonchev–Trinajstić information content (AvgIpc) is 2.14. The van der Waals surface area contributed by atoms with Crippen LogP contribution in [0, 0.1) is 0 Å². The Kier molecular flexibility index (Phi) is 3.88. The van der Waals surface area contributed by atoms with Gasteiger partial charge >= 0.3 is 5.97 Å². The van der Waals surface area contributed by atoms with E-state index in [1.807, 2.05) is 0 Å². The molecule has 1 aliphatic heterocycles. The highest BCUT2D eigenvalue weighted by Gasteiger charge is 2.29. The van der Waals surface area contributed by atoms with Gasteiger partial charge in [-0.25, -0.2) is 4.79 Å². The molecular weight excluding hydrogens is 194 g/mol. The van der Waals surface area contributed by atoms with Gasteiger partial charge < -0.3 is 9.84 Å². The Balaban J connectivity index is 2.57. The number of ether oxygens (including phenoxy) is 1. The zero-order chi connectivity index (χ0) is 11.5. The Labute approximate surface area is 90.5 Å². The lowest BCUT2D eigenvalue weighted by atomic mass is 10.0. The number of carboxylic acid groups (broad SMARTS) is 1. The molecule has 1 rings (SSSR count). The van der Waals surface area contributed by atoms with E-state index in [1.54, 1.807) is 13.0 Å². The molecule has 0 aromatic carbocycles. The number of hydrogen-bond acceptors (Lipinski definition) is 3. The van der Waals surface area contributed by atoms with E-state index in [4.69, 9.17) is 9.84 Å². The summed E-state index contributed by atoms with van der Waals surface area (Å²) in [6.45, 7) is 8.79. The van der Waals surface area contributed by atoms with Gasteiger partial charge in [-0.2, -0.15) is 0 Å². The molecule has 4 heteroatoms. The molecule has 1 heterocycles. The molecule has 15 heavy (non-hydrogen) atoms. The smallest absolute Gasteiger partial charge is 0.330 e. The maximum Gasteiger partial charge on any atom is 0.330 e. The van der Waals surface area contributed by atoms with E-state index in [1.165, 1.54) is 0 Å². The lowest BCUT2D eigenvalue weighted by molar-refractivity contribution is -0.132. The number of hydrogen-bond donors (Lipinski definition) is 1. The molecule has 4 nitrogen and oxygen atoms in total. The van der Waals surface area contributed by atoms with Gasteiger partial charge in [0.1, 0.15) is 0 Å². The zero-order valence-electron chi connectivity index (χ0n) is 9.62. The second-order valence-electron chi connectivity index (χ2n) is 4.50.